The lowest BCUT2D eigenvalue weighted by Gasteiger charge is -2.26. The second-order valence-corrected chi connectivity index (χ2v) is 6.03. The minimum Gasteiger partial charge on any atom is -0.465 e. The first-order valence-corrected chi connectivity index (χ1v) is 7.60. The lowest BCUT2D eigenvalue weighted by atomic mass is 9.89. The molecule has 0 saturated heterocycles. The second-order valence-electron chi connectivity index (χ2n) is 6.03. The van der Waals surface area contributed by atoms with Gasteiger partial charge in [0.05, 0.1) is 6.54 Å². The molecule has 0 spiro atoms. The van der Waals surface area contributed by atoms with Crippen molar-refractivity contribution >= 4 is 0 Å². The summed E-state index contributed by atoms with van der Waals surface area (Å²) < 4.78 is 5.76. The first-order valence-electron chi connectivity index (χ1n) is 7.60. The van der Waals surface area contributed by atoms with Gasteiger partial charge in [0.2, 0.25) is 0 Å². The van der Waals surface area contributed by atoms with Gasteiger partial charge in [0.25, 0.3) is 0 Å². The van der Waals surface area contributed by atoms with Crippen LogP contribution in [0.4, 0.5) is 0 Å². The summed E-state index contributed by atoms with van der Waals surface area (Å²) in [7, 11) is 4.19. The molecule has 1 aromatic rings. The van der Waals surface area contributed by atoms with Gasteiger partial charge in [-0.2, -0.15) is 0 Å². The van der Waals surface area contributed by atoms with Crippen LogP contribution in [0, 0.1) is 12.8 Å². The molecule has 1 fully saturated rings. The van der Waals surface area contributed by atoms with Gasteiger partial charge in [-0.05, 0) is 45.8 Å². The fraction of sp³-hybridized carbons (Fsp3) is 0.750. The van der Waals surface area contributed by atoms with E-state index >= 15 is 0 Å². The van der Waals surface area contributed by atoms with Gasteiger partial charge in [-0.25, -0.2) is 0 Å². The molecule has 0 atom stereocenters. The highest BCUT2D eigenvalue weighted by molar-refractivity contribution is 5.20. The average Bonchev–Trinajstić information content (AvgIpc) is 2.71. The molecule has 2 rings (SSSR count). The normalized spacial score (nSPS) is 17.3. The van der Waals surface area contributed by atoms with Crippen LogP contribution >= 0.6 is 0 Å². The molecule has 1 heterocycles. The maximum atomic E-state index is 5.76. The minimum atomic E-state index is 0.813. The van der Waals surface area contributed by atoms with Gasteiger partial charge in [0.15, 0.2) is 0 Å². The summed E-state index contributed by atoms with van der Waals surface area (Å²) in [4.78, 5) is 2.46. The van der Waals surface area contributed by atoms with Crippen molar-refractivity contribution in [3.63, 3.8) is 0 Å². The molecular formula is C16H28N2O. The van der Waals surface area contributed by atoms with Crippen molar-refractivity contribution in [2.75, 3.05) is 20.6 Å². The maximum Gasteiger partial charge on any atom is 0.118 e. The number of hydrogen-bond acceptors (Lipinski definition) is 3. The molecule has 0 unspecified atom stereocenters. The van der Waals surface area contributed by atoms with E-state index in [1.807, 2.05) is 7.05 Å². The van der Waals surface area contributed by atoms with Gasteiger partial charge in [-0.15, -0.1) is 0 Å². The van der Waals surface area contributed by atoms with Crippen LogP contribution in [0.3, 0.4) is 0 Å². The maximum absolute atomic E-state index is 5.76. The van der Waals surface area contributed by atoms with E-state index in [2.05, 4.69) is 30.3 Å². The molecule has 0 radical (unpaired) electrons. The van der Waals surface area contributed by atoms with E-state index in [4.69, 9.17) is 4.42 Å². The standard InChI is InChI=1S/C16H28N2O/c1-13-15(9-16(19-13)10-17-2)12-18(3)11-14-7-5-4-6-8-14/h9,14,17H,4-8,10-12H2,1-3H3. The molecule has 0 bridgehead atoms. The van der Waals surface area contributed by atoms with E-state index in [1.165, 1.54) is 44.2 Å². The third-order valence-corrected chi connectivity index (χ3v) is 4.16. The van der Waals surface area contributed by atoms with E-state index in [0.29, 0.717) is 0 Å². The predicted molar refractivity (Wildman–Crippen MR) is 79.1 cm³/mol. The Labute approximate surface area is 117 Å². The summed E-state index contributed by atoms with van der Waals surface area (Å²) >= 11 is 0. The largest absolute Gasteiger partial charge is 0.465 e. The zero-order chi connectivity index (χ0) is 13.7. The van der Waals surface area contributed by atoms with Crippen LogP contribution in [0.2, 0.25) is 0 Å². The SMILES string of the molecule is CNCc1cc(CN(C)CC2CCCCC2)c(C)o1. The molecule has 1 aliphatic rings. The van der Waals surface area contributed by atoms with Crippen LogP contribution in [0.1, 0.15) is 49.2 Å². The van der Waals surface area contributed by atoms with E-state index < -0.39 is 0 Å². The van der Waals surface area contributed by atoms with E-state index in [1.54, 1.807) is 0 Å². The Morgan fingerprint density at radius 1 is 1.32 bits per heavy atom. The lowest BCUT2D eigenvalue weighted by Crippen LogP contribution is -2.26. The number of hydrogen-bond donors (Lipinski definition) is 1. The van der Waals surface area contributed by atoms with Crippen LogP contribution in [0.25, 0.3) is 0 Å². The number of furan rings is 1. The van der Waals surface area contributed by atoms with Crippen molar-refractivity contribution in [2.45, 2.75) is 52.1 Å². The highest BCUT2D eigenvalue weighted by atomic mass is 16.3. The molecule has 108 valence electrons. The molecule has 0 aromatic carbocycles. The monoisotopic (exact) mass is 264 g/mol. The Morgan fingerprint density at radius 2 is 2.05 bits per heavy atom. The van der Waals surface area contributed by atoms with Crippen LogP contribution in [0.5, 0.6) is 0 Å². The van der Waals surface area contributed by atoms with E-state index in [-0.39, 0.29) is 0 Å². The van der Waals surface area contributed by atoms with Gasteiger partial charge >= 0.3 is 0 Å². The summed E-state index contributed by atoms with van der Waals surface area (Å²) in [6.07, 6.45) is 7.12. The first kappa shape index (κ1) is 14.6. The van der Waals surface area contributed by atoms with Gasteiger partial charge < -0.3 is 14.6 Å². The predicted octanol–water partition coefficient (Wildman–Crippen LogP) is 3.32. The van der Waals surface area contributed by atoms with Crippen molar-refractivity contribution in [2.24, 2.45) is 5.92 Å². The summed E-state index contributed by atoms with van der Waals surface area (Å²) in [5, 5.41) is 3.14. The van der Waals surface area contributed by atoms with Gasteiger partial charge in [0.1, 0.15) is 11.5 Å². The molecule has 1 N–H and O–H groups in total. The van der Waals surface area contributed by atoms with Gasteiger partial charge in [-0.1, -0.05) is 19.3 Å². The topological polar surface area (TPSA) is 28.4 Å². The smallest absolute Gasteiger partial charge is 0.118 e. The van der Waals surface area contributed by atoms with E-state index in [9.17, 15) is 0 Å². The Hall–Kier alpha value is -0.800. The number of nitrogens with zero attached hydrogens (tertiary/aromatic N) is 1. The Bertz CT molecular complexity index is 380. The van der Waals surface area contributed by atoms with Crippen molar-refractivity contribution in [1.82, 2.24) is 10.2 Å². The van der Waals surface area contributed by atoms with Crippen LogP contribution < -0.4 is 5.32 Å². The molecule has 1 aromatic heterocycles. The summed E-state index contributed by atoms with van der Waals surface area (Å²) in [5.74, 6) is 3.02. The molecule has 0 aliphatic heterocycles. The molecule has 1 aliphatic carbocycles. The fourth-order valence-electron chi connectivity index (χ4n) is 3.17. The highest BCUT2D eigenvalue weighted by Gasteiger charge is 2.16. The summed E-state index contributed by atoms with van der Waals surface area (Å²) in [6.45, 7) is 5.12. The quantitative estimate of drug-likeness (QED) is 0.854. The molecule has 19 heavy (non-hydrogen) atoms. The molecule has 1 saturated carbocycles. The first-order chi connectivity index (χ1) is 9.19. The fourth-order valence-corrected chi connectivity index (χ4v) is 3.17. The van der Waals surface area contributed by atoms with Gasteiger partial charge in [-0.3, -0.25) is 0 Å². The average molecular weight is 264 g/mol. The zero-order valence-electron chi connectivity index (χ0n) is 12.7. The minimum absolute atomic E-state index is 0.813. The van der Waals surface area contributed by atoms with Crippen LogP contribution in [0.15, 0.2) is 10.5 Å². The number of rotatable bonds is 6. The van der Waals surface area contributed by atoms with Crippen molar-refractivity contribution in [3.05, 3.63) is 23.2 Å². The third kappa shape index (κ3) is 4.36. The summed E-state index contributed by atoms with van der Waals surface area (Å²) in [6, 6.07) is 2.20. The molecule has 0 amide bonds. The number of nitrogens with one attached hydrogen (secondary N) is 1. The molecule has 3 heteroatoms. The van der Waals surface area contributed by atoms with Crippen molar-refractivity contribution in [3.8, 4) is 0 Å². The second kappa shape index (κ2) is 7.11. The molecule has 3 nitrogen and oxygen atoms in total. The Morgan fingerprint density at radius 3 is 2.74 bits per heavy atom. The van der Waals surface area contributed by atoms with Crippen LogP contribution in [-0.4, -0.2) is 25.5 Å². The van der Waals surface area contributed by atoms with Gasteiger partial charge in [0, 0.05) is 18.7 Å². The summed E-state index contributed by atoms with van der Waals surface area (Å²) in [5.41, 5.74) is 1.34. The van der Waals surface area contributed by atoms with E-state index in [0.717, 1.165) is 30.5 Å². The lowest BCUT2D eigenvalue weighted by molar-refractivity contribution is 0.227. The van der Waals surface area contributed by atoms with Crippen molar-refractivity contribution < 1.29 is 4.42 Å². The highest BCUT2D eigenvalue weighted by Crippen LogP contribution is 2.25. The Kier molecular flexibility index (Phi) is 5.46. The molecular weight excluding hydrogens is 236 g/mol. The van der Waals surface area contributed by atoms with Crippen molar-refractivity contribution in [1.29, 1.82) is 0 Å². The third-order valence-electron chi connectivity index (χ3n) is 4.16. The number of aryl methyl sites for hydroxylation is 1. The van der Waals surface area contributed by atoms with Crippen LogP contribution in [-0.2, 0) is 13.1 Å². The Balaban J connectivity index is 1.85. The zero-order valence-corrected chi connectivity index (χ0v) is 12.7.